The van der Waals surface area contributed by atoms with Crippen molar-refractivity contribution in [2.24, 2.45) is 0 Å². The molecule has 0 atom stereocenters. The molecule has 2 aromatic heterocycles. The van der Waals surface area contributed by atoms with Crippen molar-refractivity contribution in [3.63, 3.8) is 0 Å². The number of nitrogens with zero attached hydrogens (tertiary/aromatic N) is 4. The van der Waals surface area contributed by atoms with E-state index in [1.807, 2.05) is 27.7 Å². The molecule has 8 nitrogen and oxygen atoms in total. The maximum Gasteiger partial charge on any atom is 0.274 e. The monoisotopic (exact) mass is 490 g/mol. The lowest BCUT2D eigenvalue weighted by Gasteiger charge is -2.48. The molecule has 2 aliphatic rings. The maximum absolute atomic E-state index is 12.8. The standard InChI is InChI=1S/C25H26B4N4O4/c1-13(2)18-12-21(34)33-22(30-18)14(3)15(4)23(31-33)32-9-7-16(8-10-32)35-17-5-6-19-20(11-17)37-25(28,29)24(26,27)36-19/h5-6,11-13,16H,7-10H2,1-4H3. The van der Waals surface area contributed by atoms with Gasteiger partial charge in [0.1, 0.15) is 43.2 Å². The van der Waals surface area contributed by atoms with Crippen molar-refractivity contribution in [1.29, 1.82) is 0 Å². The summed E-state index contributed by atoms with van der Waals surface area (Å²) >= 11 is 0. The molecule has 2 aliphatic heterocycles. The molecule has 1 fully saturated rings. The molecule has 37 heavy (non-hydrogen) atoms. The first-order chi connectivity index (χ1) is 17.4. The Hall–Kier alpha value is -3.03. The predicted molar refractivity (Wildman–Crippen MR) is 145 cm³/mol. The number of anilines is 1. The summed E-state index contributed by atoms with van der Waals surface area (Å²) in [5.74, 6) is 2.17. The highest BCUT2D eigenvalue weighted by Gasteiger charge is 2.43. The van der Waals surface area contributed by atoms with Gasteiger partial charge in [-0.3, -0.25) is 4.79 Å². The van der Waals surface area contributed by atoms with Crippen LogP contribution in [0.1, 0.15) is 49.4 Å². The average molecular weight is 490 g/mol. The summed E-state index contributed by atoms with van der Waals surface area (Å²) in [4.78, 5) is 19.7. The van der Waals surface area contributed by atoms with Crippen molar-refractivity contribution in [1.82, 2.24) is 14.6 Å². The van der Waals surface area contributed by atoms with Crippen LogP contribution in [0.2, 0.25) is 0 Å². The summed E-state index contributed by atoms with van der Waals surface area (Å²) in [6.45, 7) is 9.49. The Morgan fingerprint density at radius 2 is 1.65 bits per heavy atom. The van der Waals surface area contributed by atoms with Gasteiger partial charge in [0, 0.05) is 60.0 Å². The van der Waals surface area contributed by atoms with Gasteiger partial charge in [-0.2, -0.15) is 4.52 Å². The summed E-state index contributed by atoms with van der Waals surface area (Å²) in [7, 11) is 23.4. The predicted octanol–water partition coefficient (Wildman–Crippen LogP) is 1.63. The minimum absolute atomic E-state index is 0.0257. The van der Waals surface area contributed by atoms with E-state index >= 15 is 0 Å². The number of fused-ring (bicyclic) bond motifs is 2. The minimum atomic E-state index is -1.90. The number of hydrogen-bond donors (Lipinski definition) is 0. The van der Waals surface area contributed by atoms with Gasteiger partial charge in [-0.05, 0) is 31.9 Å². The van der Waals surface area contributed by atoms with Crippen LogP contribution in [-0.4, -0.2) is 76.0 Å². The fourth-order valence-corrected chi connectivity index (χ4v) is 4.56. The molecular formula is C25H26B4N4O4. The van der Waals surface area contributed by atoms with E-state index in [2.05, 4.69) is 4.90 Å². The van der Waals surface area contributed by atoms with Crippen molar-refractivity contribution < 1.29 is 14.2 Å². The van der Waals surface area contributed by atoms with Crippen LogP contribution in [0.3, 0.4) is 0 Å². The average Bonchev–Trinajstić information content (AvgIpc) is 2.82. The van der Waals surface area contributed by atoms with E-state index in [0.29, 0.717) is 22.9 Å². The van der Waals surface area contributed by atoms with Crippen LogP contribution in [-0.2, 0) is 0 Å². The Bertz CT molecular complexity index is 1420. The van der Waals surface area contributed by atoms with Crippen LogP contribution in [0.5, 0.6) is 17.2 Å². The molecule has 0 spiro atoms. The SMILES string of the molecule is [B]C1([B])Oc2ccc(OC3CCN(c4nn5c(=O)cc(C(C)C)nc5c(C)c4C)CC3)cc2OC1([B])[B]. The molecule has 0 unspecified atom stereocenters. The lowest BCUT2D eigenvalue weighted by atomic mass is 9.41. The molecule has 1 saturated heterocycles. The van der Waals surface area contributed by atoms with Crippen LogP contribution in [0.15, 0.2) is 29.1 Å². The van der Waals surface area contributed by atoms with Gasteiger partial charge in [0.15, 0.2) is 23.0 Å². The molecule has 1 aromatic carbocycles. The normalized spacial score (nSPS) is 18.8. The fourth-order valence-electron chi connectivity index (χ4n) is 4.56. The van der Waals surface area contributed by atoms with Gasteiger partial charge in [-0.15, -0.1) is 5.10 Å². The maximum atomic E-state index is 12.8. The second kappa shape index (κ2) is 9.06. The molecule has 0 N–H and O–H groups in total. The minimum Gasteiger partial charge on any atom is -0.501 e. The fraction of sp³-hybridized carbons (Fsp3) is 0.480. The van der Waals surface area contributed by atoms with Crippen LogP contribution in [0.4, 0.5) is 5.82 Å². The molecule has 5 rings (SSSR count). The third kappa shape index (κ3) is 4.59. The van der Waals surface area contributed by atoms with E-state index < -0.39 is 10.8 Å². The molecule has 0 bridgehead atoms. The topological polar surface area (TPSA) is 78.2 Å². The molecule has 3 aromatic rings. The molecular weight excluding hydrogens is 464 g/mol. The summed E-state index contributed by atoms with van der Waals surface area (Å²) in [5.41, 5.74) is 3.18. The van der Waals surface area contributed by atoms with Gasteiger partial charge in [-0.1, -0.05) is 13.8 Å². The van der Waals surface area contributed by atoms with Crippen molar-refractivity contribution in [2.45, 2.75) is 63.4 Å². The van der Waals surface area contributed by atoms with Crippen molar-refractivity contribution in [2.75, 3.05) is 18.0 Å². The van der Waals surface area contributed by atoms with Gasteiger partial charge in [-0.25, -0.2) is 4.98 Å². The first-order valence-corrected chi connectivity index (χ1v) is 12.4. The van der Waals surface area contributed by atoms with E-state index in [1.165, 1.54) is 4.52 Å². The first-order valence-electron chi connectivity index (χ1n) is 12.4. The van der Waals surface area contributed by atoms with Gasteiger partial charge < -0.3 is 19.1 Å². The summed E-state index contributed by atoms with van der Waals surface area (Å²) in [6.07, 6.45) is 1.50. The van der Waals surface area contributed by atoms with E-state index in [9.17, 15) is 4.79 Å². The molecule has 12 heteroatoms. The van der Waals surface area contributed by atoms with Crippen molar-refractivity contribution >= 4 is 42.9 Å². The summed E-state index contributed by atoms with van der Waals surface area (Å²) in [6, 6.07) is 6.64. The quantitative estimate of drug-likeness (QED) is 0.516. The first kappa shape index (κ1) is 25.6. The third-order valence-corrected chi connectivity index (χ3v) is 7.06. The van der Waals surface area contributed by atoms with Crippen LogP contribution >= 0.6 is 0 Å². The molecule has 4 heterocycles. The largest absolute Gasteiger partial charge is 0.501 e. The Balaban J connectivity index is 1.31. The lowest BCUT2D eigenvalue weighted by molar-refractivity contribution is 0.0609. The van der Waals surface area contributed by atoms with E-state index in [0.717, 1.165) is 48.6 Å². The molecule has 0 amide bonds. The van der Waals surface area contributed by atoms with Gasteiger partial charge >= 0.3 is 0 Å². The second-order valence-electron chi connectivity index (χ2n) is 10.2. The Labute approximate surface area is 221 Å². The van der Waals surface area contributed by atoms with Gasteiger partial charge in [0.2, 0.25) is 0 Å². The number of aryl methyl sites for hydroxylation is 1. The second-order valence-corrected chi connectivity index (χ2v) is 10.2. The molecule has 0 saturated carbocycles. The van der Waals surface area contributed by atoms with Crippen LogP contribution in [0.25, 0.3) is 5.65 Å². The highest BCUT2D eigenvalue weighted by Crippen LogP contribution is 2.41. The number of ether oxygens (including phenoxy) is 3. The number of aromatic nitrogens is 3. The van der Waals surface area contributed by atoms with Gasteiger partial charge in [0.25, 0.3) is 5.56 Å². The zero-order chi connectivity index (χ0) is 26.7. The molecule has 0 aliphatic carbocycles. The van der Waals surface area contributed by atoms with Crippen molar-refractivity contribution in [3.8, 4) is 17.2 Å². The Morgan fingerprint density at radius 3 is 2.30 bits per heavy atom. The van der Waals surface area contributed by atoms with Crippen LogP contribution < -0.4 is 24.7 Å². The number of benzene rings is 1. The third-order valence-electron chi connectivity index (χ3n) is 7.06. The lowest BCUT2D eigenvalue weighted by Crippen LogP contribution is -2.65. The Morgan fingerprint density at radius 1 is 1.00 bits per heavy atom. The smallest absolute Gasteiger partial charge is 0.274 e. The highest BCUT2D eigenvalue weighted by molar-refractivity contribution is 6.53. The summed E-state index contributed by atoms with van der Waals surface area (Å²) < 4.78 is 18.7. The van der Waals surface area contributed by atoms with E-state index in [4.69, 9.17) is 55.7 Å². The Kier molecular flexibility index (Phi) is 6.27. The van der Waals surface area contributed by atoms with Gasteiger partial charge in [0.05, 0.1) is 5.69 Å². The summed E-state index contributed by atoms with van der Waals surface area (Å²) in [5, 5.41) is 0.917. The number of piperidine rings is 1. The van der Waals surface area contributed by atoms with Crippen molar-refractivity contribution in [3.05, 3.63) is 51.4 Å². The van der Waals surface area contributed by atoms with E-state index in [1.54, 1.807) is 24.3 Å². The molecule has 8 radical (unpaired) electrons. The van der Waals surface area contributed by atoms with E-state index in [-0.39, 0.29) is 17.6 Å². The highest BCUT2D eigenvalue weighted by atomic mass is 16.6. The zero-order valence-corrected chi connectivity index (χ0v) is 21.5. The number of hydrogen-bond acceptors (Lipinski definition) is 7. The zero-order valence-electron chi connectivity index (χ0n) is 21.5. The molecule has 182 valence electrons. The van der Waals surface area contributed by atoms with Crippen LogP contribution in [0, 0.1) is 13.8 Å². The number of rotatable bonds is 4.